The largest absolute Gasteiger partial charge is 0.391 e. The maximum absolute atomic E-state index is 13.5. The van der Waals surface area contributed by atoms with E-state index in [0.717, 1.165) is 57.4 Å². The van der Waals surface area contributed by atoms with Crippen molar-refractivity contribution in [2.24, 2.45) is 11.8 Å². The van der Waals surface area contributed by atoms with Gasteiger partial charge in [-0.25, -0.2) is 0 Å². The number of benzene rings is 1. The number of hydrogen-bond donors (Lipinski definition) is 3. The third kappa shape index (κ3) is 3.28. The quantitative estimate of drug-likeness (QED) is 0.759. The Morgan fingerprint density at radius 2 is 1.81 bits per heavy atom. The van der Waals surface area contributed by atoms with E-state index in [-0.39, 0.29) is 11.9 Å². The maximum atomic E-state index is 13.5. The van der Waals surface area contributed by atoms with Crippen LogP contribution in [0.25, 0.3) is 0 Å². The molecule has 0 unspecified atom stereocenters. The van der Waals surface area contributed by atoms with Gasteiger partial charge in [-0.2, -0.15) is 0 Å². The third-order valence-electron chi connectivity index (χ3n) is 6.96. The van der Waals surface area contributed by atoms with Crippen molar-refractivity contribution in [3.05, 3.63) is 35.9 Å². The number of rotatable bonds is 3. The highest BCUT2D eigenvalue weighted by Gasteiger charge is 2.45. The SMILES string of the molecule is CN1CCC(C(=O)N[C@H]2C[C@H]3CNC[C@H]3C[C@@H]2O)(c2ccccc2)CC1. The van der Waals surface area contributed by atoms with Crippen LogP contribution >= 0.6 is 0 Å². The van der Waals surface area contributed by atoms with Gasteiger partial charge < -0.3 is 20.6 Å². The molecule has 0 spiro atoms. The molecule has 5 nitrogen and oxygen atoms in total. The zero-order valence-electron chi connectivity index (χ0n) is 15.7. The number of likely N-dealkylation sites (tertiary alicyclic amines) is 1. The highest BCUT2D eigenvalue weighted by Crippen LogP contribution is 2.37. The van der Waals surface area contributed by atoms with E-state index in [1.165, 1.54) is 0 Å². The normalized spacial score (nSPS) is 34.2. The molecule has 1 amide bonds. The molecule has 26 heavy (non-hydrogen) atoms. The number of aliphatic hydroxyl groups is 1. The lowest BCUT2D eigenvalue weighted by molar-refractivity contribution is -0.131. The smallest absolute Gasteiger partial charge is 0.231 e. The molecule has 0 radical (unpaired) electrons. The number of nitrogens with one attached hydrogen (secondary N) is 2. The summed E-state index contributed by atoms with van der Waals surface area (Å²) in [5, 5.41) is 17.3. The first-order valence-corrected chi connectivity index (χ1v) is 10.0. The molecule has 2 saturated heterocycles. The summed E-state index contributed by atoms with van der Waals surface area (Å²) in [6.45, 7) is 3.86. The molecule has 142 valence electrons. The lowest BCUT2D eigenvalue weighted by Crippen LogP contribution is -2.57. The van der Waals surface area contributed by atoms with Crippen molar-refractivity contribution in [2.75, 3.05) is 33.2 Å². The van der Waals surface area contributed by atoms with Gasteiger partial charge >= 0.3 is 0 Å². The van der Waals surface area contributed by atoms with E-state index in [0.29, 0.717) is 11.8 Å². The minimum absolute atomic E-state index is 0.102. The van der Waals surface area contributed by atoms with Crippen molar-refractivity contribution in [2.45, 2.75) is 43.2 Å². The zero-order valence-corrected chi connectivity index (χ0v) is 15.7. The Bertz CT molecular complexity index is 627. The fourth-order valence-electron chi connectivity index (χ4n) is 5.16. The first-order chi connectivity index (χ1) is 12.6. The molecule has 0 aromatic heterocycles. The van der Waals surface area contributed by atoms with E-state index in [9.17, 15) is 9.90 Å². The molecule has 2 aliphatic heterocycles. The molecule has 4 rings (SSSR count). The van der Waals surface area contributed by atoms with Crippen LogP contribution in [-0.2, 0) is 10.2 Å². The average molecular weight is 357 g/mol. The molecule has 3 aliphatic rings. The highest BCUT2D eigenvalue weighted by atomic mass is 16.3. The third-order valence-corrected chi connectivity index (χ3v) is 6.96. The number of carbonyl (C=O) groups excluding carboxylic acids is 1. The predicted molar refractivity (Wildman–Crippen MR) is 102 cm³/mol. The summed E-state index contributed by atoms with van der Waals surface area (Å²) in [5.74, 6) is 1.24. The van der Waals surface area contributed by atoms with E-state index < -0.39 is 11.5 Å². The molecule has 5 heteroatoms. The first-order valence-electron chi connectivity index (χ1n) is 10.0. The molecule has 1 aliphatic carbocycles. The van der Waals surface area contributed by atoms with Crippen LogP contribution in [0.5, 0.6) is 0 Å². The van der Waals surface area contributed by atoms with Gasteiger partial charge in [0, 0.05) is 0 Å². The van der Waals surface area contributed by atoms with Gasteiger partial charge in [0.2, 0.25) is 5.91 Å². The van der Waals surface area contributed by atoms with Crippen molar-refractivity contribution in [3.8, 4) is 0 Å². The number of fused-ring (bicyclic) bond motifs is 1. The molecule has 4 atom stereocenters. The number of hydrogen-bond acceptors (Lipinski definition) is 4. The Balaban J connectivity index is 1.53. The Morgan fingerprint density at radius 1 is 1.15 bits per heavy atom. The van der Waals surface area contributed by atoms with Crippen LogP contribution in [0.3, 0.4) is 0 Å². The number of amides is 1. The van der Waals surface area contributed by atoms with Crippen LogP contribution < -0.4 is 10.6 Å². The molecular formula is C21H31N3O2. The van der Waals surface area contributed by atoms with Gasteiger partial charge in [0.1, 0.15) is 0 Å². The Morgan fingerprint density at radius 3 is 2.50 bits per heavy atom. The van der Waals surface area contributed by atoms with Gasteiger partial charge in [-0.15, -0.1) is 0 Å². The van der Waals surface area contributed by atoms with Gasteiger partial charge in [-0.1, -0.05) is 30.3 Å². The second-order valence-corrected chi connectivity index (χ2v) is 8.55. The van der Waals surface area contributed by atoms with Gasteiger partial charge in [0.15, 0.2) is 0 Å². The maximum Gasteiger partial charge on any atom is 0.231 e. The summed E-state index contributed by atoms with van der Waals surface area (Å²) < 4.78 is 0. The van der Waals surface area contributed by atoms with Crippen LogP contribution in [0.1, 0.15) is 31.2 Å². The Kier molecular flexibility index (Phi) is 5.04. The number of aliphatic hydroxyl groups excluding tert-OH is 1. The zero-order chi connectivity index (χ0) is 18.1. The summed E-state index contributed by atoms with van der Waals surface area (Å²) in [6.07, 6.45) is 2.91. The van der Waals surface area contributed by atoms with Gasteiger partial charge in [-0.3, -0.25) is 4.79 Å². The van der Waals surface area contributed by atoms with E-state index in [4.69, 9.17) is 0 Å². The van der Waals surface area contributed by atoms with Crippen LogP contribution in [0.4, 0.5) is 0 Å². The van der Waals surface area contributed by atoms with Crippen LogP contribution in [0.15, 0.2) is 30.3 Å². The monoisotopic (exact) mass is 357 g/mol. The summed E-state index contributed by atoms with van der Waals surface area (Å²) >= 11 is 0. The van der Waals surface area contributed by atoms with Crippen molar-refractivity contribution >= 4 is 5.91 Å². The summed E-state index contributed by atoms with van der Waals surface area (Å²) in [4.78, 5) is 15.8. The summed E-state index contributed by atoms with van der Waals surface area (Å²) in [7, 11) is 2.12. The molecule has 1 aromatic carbocycles. The molecule has 0 bridgehead atoms. The number of carbonyl (C=O) groups is 1. The molecular weight excluding hydrogens is 326 g/mol. The topological polar surface area (TPSA) is 64.6 Å². The van der Waals surface area contributed by atoms with E-state index >= 15 is 0 Å². The Hall–Kier alpha value is -1.43. The summed E-state index contributed by atoms with van der Waals surface area (Å²) in [6, 6.07) is 10.1. The van der Waals surface area contributed by atoms with Crippen molar-refractivity contribution in [1.82, 2.24) is 15.5 Å². The first kappa shape index (κ1) is 18.0. The molecule has 2 heterocycles. The number of piperidine rings is 1. The van der Waals surface area contributed by atoms with Crippen molar-refractivity contribution in [1.29, 1.82) is 0 Å². The van der Waals surface area contributed by atoms with E-state index in [1.807, 2.05) is 18.2 Å². The highest BCUT2D eigenvalue weighted by molar-refractivity contribution is 5.88. The van der Waals surface area contributed by atoms with Gasteiger partial charge in [0.05, 0.1) is 17.6 Å². The van der Waals surface area contributed by atoms with E-state index in [1.54, 1.807) is 0 Å². The second-order valence-electron chi connectivity index (χ2n) is 8.55. The molecule has 1 saturated carbocycles. The molecule has 3 N–H and O–H groups in total. The fourth-order valence-corrected chi connectivity index (χ4v) is 5.16. The van der Waals surface area contributed by atoms with Gasteiger partial charge in [-0.05, 0) is 76.3 Å². The van der Waals surface area contributed by atoms with Crippen LogP contribution in [0.2, 0.25) is 0 Å². The second kappa shape index (κ2) is 7.29. The van der Waals surface area contributed by atoms with E-state index in [2.05, 4.69) is 34.7 Å². The minimum atomic E-state index is -0.474. The number of nitrogens with zero attached hydrogens (tertiary/aromatic N) is 1. The average Bonchev–Trinajstić information content (AvgIpc) is 3.10. The van der Waals surface area contributed by atoms with Gasteiger partial charge in [0.25, 0.3) is 0 Å². The van der Waals surface area contributed by atoms with Crippen LogP contribution in [0, 0.1) is 11.8 Å². The predicted octanol–water partition coefficient (Wildman–Crippen LogP) is 1.13. The Labute approximate surface area is 156 Å². The van der Waals surface area contributed by atoms with Crippen LogP contribution in [-0.4, -0.2) is 61.3 Å². The lowest BCUT2D eigenvalue weighted by atomic mass is 9.71. The standard InChI is InChI=1S/C21H31N3O2/c1-24-9-7-21(8-10-24,17-5-3-2-4-6-17)20(26)23-18-11-15-13-22-14-16(15)12-19(18)25/h2-6,15-16,18-19,22,25H,7-14H2,1H3,(H,23,26)/t15-,16+,18-,19-/m0/s1. The molecule has 1 aromatic rings. The fraction of sp³-hybridized carbons (Fsp3) is 0.667. The van der Waals surface area contributed by atoms with Crippen molar-refractivity contribution in [3.63, 3.8) is 0 Å². The minimum Gasteiger partial charge on any atom is -0.391 e. The lowest BCUT2D eigenvalue weighted by Gasteiger charge is -2.42. The summed E-state index contributed by atoms with van der Waals surface area (Å²) in [5.41, 5.74) is 0.634. The molecule has 3 fully saturated rings. The van der Waals surface area contributed by atoms with Crippen molar-refractivity contribution < 1.29 is 9.90 Å².